The standard InChI is InChI=1S/C27H22N2O4/c1-5-22(16-9-7-6-8-10-16)33-28-26-18-14-23(31-3)24(32-4)15-19(18)27-25(26)20-13-17(30)11-12-21(20)29(27)2/h1,6-15,22,30H,2-4H3/b28-26-. The molecule has 3 aromatic carbocycles. The number of terminal acetylenes is 1. The lowest BCUT2D eigenvalue weighted by Gasteiger charge is -2.13. The number of rotatable bonds is 5. The van der Waals surface area contributed by atoms with Crippen molar-refractivity contribution in [3.63, 3.8) is 0 Å². The van der Waals surface area contributed by atoms with E-state index < -0.39 is 6.10 Å². The minimum Gasteiger partial charge on any atom is -0.508 e. The van der Waals surface area contributed by atoms with Crippen LogP contribution in [0.3, 0.4) is 0 Å². The second-order valence-corrected chi connectivity index (χ2v) is 7.74. The first-order chi connectivity index (χ1) is 16.1. The van der Waals surface area contributed by atoms with E-state index in [2.05, 4.69) is 15.6 Å². The highest BCUT2D eigenvalue weighted by molar-refractivity contribution is 6.30. The van der Waals surface area contributed by atoms with Gasteiger partial charge in [0.05, 0.1) is 19.9 Å². The van der Waals surface area contributed by atoms with Gasteiger partial charge in [0, 0.05) is 40.2 Å². The maximum atomic E-state index is 10.2. The van der Waals surface area contributed by atoms with E-state index in [1.54, 1.807) is 26.4 Å². The molecule has 0 fully saturated rings. The van der Waals surface area contributed by atoms with Gasteiger partial charge in [-0.2, -0.15) is 0 Å². The molecule has 6 nitrogen and oxygen atoms in total. The van der Waals surface area contributed by atoms with Crippen LogP contribution < -0.4 is 9.47 Å². The molecule has 0 bridgehead atoms. The molecule has 0 spiro atoms. The zero-order valence-electron chi connectivity index (χ0n) is 18.5. The Bertz CT molecular complexity index is 1440. The number of fused-ring (bicyclic) bond motifs is 5. The van der Waals surface area contributed by atoms with E-state index >= 15 is 0 Å². The van der Waals surface area contributed by atoms with Gasteiger partial charge in [0.2, 0.25) is 6.10 Å². The van der Waals surface area contributed by atoms with E-state index in [9.17, 15) is 5.11 Å². The summed E-state index contributed by atoms with van der Waals surface area (Å²) in [5.74, 6) is 4.04. The first kappa shape index (κ1) is 20.5. The molecule has 4 aromatic rings. The maximum Gasteiger partial charge on any atom is 0.212 e. The number of methoxy groups -OCH3 is 2. The normalized spacial score (nSPS) is 13.9. The molecule has 6 heteroatoms. The highest BCUT2D eigenvalue weighted by Gasteiger charge is 2.34. The van der Waals surface area contributed by atoms with Crippen LogP contribution >= 0.6 is 0 Å². The molecule has 5 rings (SSSR count). The van der Waals surface area contributed by atoms with Gasteiger partial charge in [-0.1, -0.05) is 41.4 Å². The number of hydrogen-bond donors (Lipinski definition) is 1. The lowest BCUT2D eigenvalue weighted by Crippen LogP contribution is -2.04. The highest BCUT2D eigenvalue weighted by Crippen LogP contribution is 2.47. The summed E-state index contributed by atoms with van der Waals surface area (Å²) in [6.45, 7) is 0. The fraction of sp³-hybridized carbons (Fsp3) is 0.148. The number of nitrogens with zero attached hydrogens (tertiary/aromatic N) is 2. The monoisotopic (exact) mass is 438 g/mol. The molecule has 164 valence electrons. The Morgan fingerprint density at radius 1 is 0.970 bits per heavy atom. The van der Waals surface area contributed by atoms with Crippen molar-refractivity contribution in [2.24, 2.45) is 12.2 Å². The third-order valence-corrected chi connectivity index (χ3v) is 5.96. The maximum absolute atomic E-state index is 10.2. The minimum atomic E-state index is -0.644. The van der Waals surface area contributed by atoms with Crippen molar-refractivity contribution in [3.8, 4) is 40.8 Å². The van der Waals surface area contributed by atoms with Crippen molar-refractivity contribution in [2.75, 3.05) is 14.2 Å². The predicted octanol–water partition coefficient (Wildman–Crippen LogP) is 5.03. The van der Waals surface area contributed by atoms with Crippen LogP contribution in [0.2, 0.25) is 0 Å². The number of phenols is 1. The third-order valence-electron chi connectivity index (χ3n) is 5.96. The Kier molecular flexibility index (Phi) is 4.95. The largest absolute Gasteiger partial charge is 0.508 e. The Morgan fingerprint density at radius 2 is 1.67 bits per heavy atom. The number of hydrogen-bond acceptors (Lipinski definition) is 5. The lowest BCUT2D eigenvalue weighted by molar-refractivity contribution is 0.100. The molecule has 0 saturated heterocycles. The topological polar surface area (TPSA) is 65.2 Å². The number of aryl methyl sites for hydroxylation is 1. The summed E-state index contributed by atoms with van der Waals surface area (Å²) >= 11 is 0. The van der Waals surface area contributed by atoms with Gasteiger partial charge in [-0.15, -0.1) is 6.42 Å². The molecule has 1 aromatic heterocycles. The van der Waals surface area contributed by atoms with Crippen molar-refractivity contribution >= 4 is 16.6 Å². The molecule has 1 atom stereocenters. The quantitative estimate of drug-likeness (QED) is 0.309. The fourth-order valence-corrected chi connectivity index (χ4v) is 4.41. The predicted molar refractivity (Wildman–Crippen MR) is 128 cm³/mol. The summed E-state index contributed by atoms with van der Waals surface area (Å²) in [7, 11) is 5.18. The van der Waals surface area contributed by atoms with Gasteiger partial charge >= 0.3 is 0 Å². The Morgan fingerprint density at radius 3 is 2.33 bits per heavy atom. The van der Waals surface area contributed by atoms with Gasteiger partial charge in [-0.05, 0) is 30.3 Å². The summed E-state index contributed by atoms with van der Waals surface area (Å²) in [6, 6.07) is 18.7. The molecule has 1 N–H and O–H groups in total. The fourth-order valence-electron chi connectivity index (χ4n) is 4.41. The second kappa shape index (κ2) is 7.95. The van der Waals surface area contributed by atoms with Crippen LogP contribution in [-0.2, 0) is 11.9 Å². The first-order valence-electron chi connectivity index (χ1n) is 10.4. The van der Waals surface area contributed by atoms with Crippen LogP contribution in [0.1, 0.15) is 22.8 Å². The summed E-state index contributed by atoms with van der Waals surface area (Å²) in [5, 5.41) is 15.6. The SMILES string of the molecule is C#CC(O/N=C1/c2cc(OC)c(OC)cc2-c2c1c1cc(O)ccc1n2C)c1ccccc1. The van der Waals surface area contributed by atoms with E-state index in [0.717, 1.165) is 38.9 Å². The Hall–Kier alpha value is -4.37. The second-order valence-electron chi connectivity index (χ2n) is 7.74. The van der Waals surface area contributed by atoms with Gasteiger partial charge in [-0.25, -0.2) is 0 Å². The van der Waals surface area contributed by atoms with Crippen molar-refractivity contribution < 1.29 is 19.4 Å². The van der Waals surface area contributed by atoms with Crippen molar-refractivity contribution in [1.29, 1.82) is 0 Å². The van der Waals surface area contributed by atoms with Crippen LogP contribution in [0.4, 0.5) is 0 Å². The molecule has 1 heterocycles. The average Bonchev–Trinajstić information content (AvgIpc) is 3.31. The Balaban J connectivity index is 1.74. The Labute approximate surface area is 191 Å². The molecular formula is C27H22N2O4. The summed E-state index contributed by atoms with van der Waals surface area (Å²) in [5.41, 5.74) is 5.99. The molecule has 0 radical (unpaired) electrons. The smallest absolute Gasteiger partial charge is 0.212 e. The number of phenolic OH excluding ortho intramolecular Hbond substituents is 1. The molecule has 0 amide bonds. The average molecular weight is 438 g/mol. The molecule has 1 aliphatic rings. The van der Waals surface area contributed by atoms with Crippen LogP contribution in [0, 0.1) is 12.3 Å². The molecule has 33 heavy (non-hydrogen) atoms. The van der Waals surface area contributed by atoms with Crippen LogP contribution in [0.15, 0.2) is 65.8 Å². The molecule has 0 aliphatic heterocycles. The van der Waals surface area contributed by atoms with Crippen LogP contribution in [0.25, 0.3) is 22.2 Å². The number of aromatic nitrogens is 1. The number of aromatic hydroxyl groups is 1. The lowest BCUT2D eigenvalue weighted by atomic mass is 10.1. The van der Waals surface area contributed by atoms with Gasteiger partial charge in [0.15, 0.2) is 11.5 Å². The summed E-state index contributed by atoms with van der Waals surface area (Å²) in [4.78, 5) is 5.90. The van der Waals surface area contributed by atoms with Crippen molar-refractivity contribution in [2.45, 2.75) is 6.10 Å². The zero-order chi connectivity index (χ0) is 23.1. The highest BCUT2D eigenvalue weighted by atomic mass is 16.6. The molecule has 1 unspecified atom stereocenters. The van der Waals surface area contributed by atoms with Crippen LogP contribution in [0.5, 0.6) is 17.2 Å². The summed E-state index contributed by atoms with van der Waals surface area (Å²) < 4.78 is 13.2. The molecular weight excluding hydrogens is 416 g/mol. The molecule has 1 aliphatic carbocycles. The number of oxime groups is 1. The number of ether oxygens (including phenoxy) is 2. The van der Waals surface area contributed by atoms with E-state index in [-0.39, 0.29) is 5.75 Å². The summed E-state index contributed by atoms with van der Waals surface area (Å²) in [6.07, 6.45) is 5.12. The van der Waals surface area contributed by atoms with Crippen LogP contribution in [-0.4, -0.2) is 29.6 Å². The van der Waals surface area contributed by atoms with Gasteiger partial charge in [0.1, 0.15) is 11.5 Å². The van der Waals surface area contributed by atoms with Gasteiger partial charge in [0.25, 0.3) is 0 Å². The first-order valence-corrected chi connectivity index (χ1v) is 10.4. The number of benzene rings is 3. The third kappa shape index (κ3) is 3.17. The minimum absolute atomic E-state index is 0.174. The van der Waals surface area contributed by atoms with Gasteiger partial charge < -0.3 is 24.0 Å². The molecule has 0 saturated carbocycles. The van der Waals surface area contributed by atoms with E-state index in [1.807, 2.05) is 55.6 Å². The van der Waals surface area contributed by atoms with E-state index in [4.69, 9.17) is 20.7 Å². The van der Waals surface area contributed by atoms with Gasteiger partial charge in [-0.3, -0.25) is 0 Å². The zero-order valence-corrected chi connectivity index (χ0v) is 18.5. The van der Waals surface area contributed by atoms with E-state index in [0.29, 0.717) is 17.2 Å². The van der Waals surface area contributed by atoms with Crippen molar-refractivity contribution in [3.05, 3.63) is 77.4 Å². The van der Waals surface area contributed by atoms with Crippen molar-refractivity contribution in [1.82, 2.24) is 4.57 Å². The van der Waals surface area contributed by atoms with E-state index in [1.165, 1.54) is 0 Å².